The molecule has 0 heterocycles. The molecule has 0 saturated heterocycles. The van der Waals surface area contributed by atoms with Gasteiger partial charge in [-0.2, -0.15) is 0 Å². The van der Waals surface area contributed by atoms with E-state index in [-0.39, 0.29) is 29.3 Å². The maximum atomic E-state index is 10.6. The maximum absolute atomic E-state index is 10.6. The molecule has 0 radical (unpaired) electrons. The molecule has 1 aromatic rings. The van der Waals surface area contributed by atoms with Gasteiger partial charge in [0.1, 0.15) is 5.75 Å². The third-order valence-electron chi connectivity index (χ3n) is 3.39. The molecular weight excluding hydrogens is 270 g/mol. The van der Waals surface area contributed by atoms with Gasteiger partial charge in [-0.05, 0) is 39.7 Å². The smallest absolute Gasteiger partial charge is 0.123 e. The summed E-state index contributed by atoms with van der Waals surface area (Å²) in [4.78, 5) is 0. The molecular formula is C17H28ClNO. The first-order valence-corrected chi connectivity index (χ1v) is 6.74. The molecule has 0 aliphatic rings. The van der Waals surface area contributed by atoms with Gasteiger partial charge in [-0.3, -0.25) is 0 Å². The molecule has 20 heavy (non-hydrogen) atoms. The Morgan fingerprint density at radius 3 is 1.65 bits per heavy atom. The van der Waals surface area contributed by atoms with Crippen LogP contribution in [0.4, 0.5) is 0 Å². The Balaban J connectivity index is 0.00000361. The number of phenols is 1. The van der Waals surface area contributed by atoms with Crippen molar-refractivity contribution in [2.75, 3.05) is 0 Å². The average molecular weight is 298 g/mol. The van der Waals surface area contributed by atoms with Crippen molar-refractivity contribution >= 4 is 12.4 Å². The minimum Gasteiger partial charge on any atom is -0.507 e. The lowest BCUT2D eigenvalue weighted by Gasteiger charge is -2.29. The van der Waals surface area contributed by atoms with Gasteiger partial charge in [-0.15, -0.1) is 19.0 Å². The van der Waals surface area contributed by atoms with Crippen LogP contribution < -0.4 is 5.73 Å². The number of benzene rings is 1. The van der Waals surface area contributed by atoms with Gasteiger partial charge in [0.15, 0.2) is 0 Å². The first-order valence-electron chi connectivity index (χ1n) is 6.74. The zero-order valence-electron chi connectivity index (χ0n) is 13.4. The summed E-state index contributed by atoms with van der Waals surface area (Å²) < 4.78 is 0. The van der Waals surface area contributed by atoms with E-state index in [2.05, 4.69) is 48.1 Å². The predicted molar refractivity (Wildman–Crippen MR) is 89.9 cm³/mol. The zero-order chi connectivity index (χ0) is 15.0. The molecule has 3 N–H and O–H groups in total. The number of hydrogen-bond acceptors (Lipinski definition) is 2. The van der Waals surface area contributed by atoms with E-state index >= 15 is 0 Å². The highest BCUT2D eigenvalue weighted by Crippen LogP contribution is 2.40. The fourth-order valence-corrected chi connectivity index (χ4v) is 2.13. The van der Waals surface area contributed by atoms with Gasteiger partial charge in [0.25, 0.3) is 0 Å². The van der Waals surface area contributed by atoms with Crippen LogP contribution in [0.2, 0.25) is 0 Å². The SMILES string of the molecule is C=C[C@H](N)c1cc(C(C)(C)C)c(O)c(C(C)(C)C)c1.Cl. The molecule has 0 amide bonds. The lowest BCUT2D eigenvalue weighted by molar-refractivity contribution is 0.422. The van der Waals surface area contributed by atoms with Crippen molar-refractivity contribution in [2.24, 2.45) is 5.73 Å². The Bertz CT molecular complexity index is 446. The largest absolute Gasteiger partial charge is 0.507 e. The summed E-state index contributed by atoms with van der Waals surface area (Å²) in [5.74, 6) is 0.389. The van der Waals surface area contributed by atoms with Crippen LogP contribution in [0.15, 0.2) is 24.8 Å². The second-order valence-electron chi connectivity index (χ2n) is 7.23. The summed E-state index contributed by atoms with van der Waals surface area (Å²) in [6.07, 6.45) is 1.73. The number of phenolic OH excluding ortho intramolecular Hbond substituents is 1. The molecule has 1 atom stereocenters. The number of aromatic hydroxyl groups is 1. The van der Waals surface area contributed by atoms with Gasteiger partial charge in [0.2, 0.25) is 0 Å². The van der Waals surface area contributed by atoms with Crippen LogP contribution in [0.3, 0.4) is 0 Å². The van der Waals surface area contributed by atoms with E-state index in [4.69, 9.17) is 5.73 Å². The Hall–Kier alpha value is -0.990. The lowest BCUT2D eigenvalue weighted by atomic mass is 9.78. The second-order valence-corrected chi connectivity index (χ2v) is 7.23. The molecule has 0 aliphatic carbocycles. The third kappa shape index (κ3) is 4.00. The summed E-state index contributed by atoms with van der Waals surface area (Å²) in [5.41, 5.74) is 8.70. The highest BCUT2D eigenvalue weighted by atomic mass is 35.5. The van der Waals surface area contributed by atoms with E-state index in [0.717, 1.165) is 16.7 Å². The van der Waals surface area contributed by atoms with Crippen molar-refractivity contribution in [3.8, 4) is 5.75 Å². The second kappa shape index (κ2) is 6.19. The topological polar surface area (TPSA) is 46.2 Å². The molecule has 0 aromatic heterocycles. The Morgan fingerprint density at radius 1 is 1.05 bits per heavy atom. The van der Waals surface area contributed by atoms with Crippen LogP contribution in [-0.4, -0.2) is 5.11 Å². The monoisotopic (exact) mass is 297 g/mol. The fourth-order valence-electron chi connectivity index (χ4n) is 2.13. The molecule has 114 valence electrons. The maximum Gasteiger partial charge on any atom is 0.123 e. The quantitative estimate of drug-likeness (QED) is 0.784. The van der Waals surface area contributed by atoms with E-state index in [1.807, 2.05) is 12.1 Å². The molecule has 0 bridgehead atoms. The summed E-state index contributed by atoms with van der Waals surface area (Å²) >= 11 is 0. The third-order valence-corrected chi connectivity index (χ3v) is 3.39. The van der Waals surface area contributed by atoms with Crippen molar-refractivity contribution in [1.82, 2.24) is 0 Å². The number of halogens is 1. The molecule has 0 fully saturated rings. The van der Waals surface area contributed by atoms with Crippen LogP contribution in [-0.2, 0) is 10.8 Å². The molecule has 2 nitrogen and oxygen atoms in total. The Labute approximate surface area is 129 Å². The first-order chi connectivity index (χ1) is 8.48. The van der Waals surface area contributed by atoms with Crippen molar-refractivity contribution in [3.05, 3.63) is 41.5 Å². The number of nitrogens with two attached hydrogens (primary N) is 1. The van der Waals surface area contributed by atoms with Crippen LogP contribution >= 0.6 is 12.4 Å². The van der Waals surface area contributed by atoms with Crippen molar-refractivity contribution in [2.45, 2.75) is 58.4 Å². The molecule has 1 aromatic carbocycles. The Morgan fingerprint density at radius 2 is 1.40 bits per heavy atom. The van der Waals surface area contributed by atoms with Crippen molar-refractivity contribution in [3.63, 3.8) is 0 Å². The summed E-state index contributed by atoms with van der Waals surface area (Å²) in [6.45, 7) is 16.3. The fraction of sp³-hybridized carbons (Fsp3) is 0.529. The lowest BCUT2D eigenvalue weighted by Crippen LogP contribution is -2.19. The minimum absolute atomic E-state index is 0. The van der Waals surface area contributed by atoms with E-state index in [1.165, 1.54) is 0 Å². The molecule has 3 heteroatoms. The van der Waals surface area contributed by atoms with Crippen molar-refractivity contribution < 1.29 is 5.11 Å². The Kier molecular flexibility index (Phi) is 5.89. The minimum atomic E-state index is -0.206. The summed E-state index contributed by atoms with van der Waals surface area (Å²) in [7, 11) is 0. The standard InChI is InChI=1S/C17H27NO.ClH/c1-8-14(18)11-9-12(16(2,3)4)15(19)13(10-11)17(5,6)7;/h8-10,14,19H,1,18H2,2-7H3;1H/t14-;/m0./s1. The molecule has 0 saturated carbocycles. The van der Waals surface area contributed by atoms with Crippen molar-refractivity contribution in [1.29, 1.82) is 0 Å². The predicted octanol–water partition coefficient (Wildman–Crippen LogP) is 4.59. The van der Waals surface area contributed by atoms with E-state index in [0.29, 0.717) is 5.75 Å². The zero-order valence-corrected chi connectivity index (χ0v) is 14.3. The van der Waals surface area contributed by atoms with Gasteiger partial charge >= 0.3 is 0 Å². The van der Waals surface area contributed by atoms with Gasteiger partial charge in [0.05, 0.1) is 0 Å². The number of hydrogen-bond donors (Lipinski definition) is 2. The summed E-state index contributed by atoms with van der Waals surface area (Å²) in [6, 6.07) is 3.79. The van der Waals surface area contributed by atoms with Gasteiger partial charge in [-0.1, -0.05) is 47.6 Å². The van der Waals surface area contributed by atoms with Crippen LogP contribution in [0.25, 0.3) is 0 Å². The van der Waals surface area contributed by atoms with E-state index in [9.17, 15) is 5.11 Å². The van der Waals surface area contributed by atoms with E-state index < -0.39 is 0 Å². The molecule has 0 aliphatic heterocycles. The highest BCUT2D eigenvalue weighted by Gasteiger charge is 2.27. The van der Waals surface area contributed by atoms with Crippen LogP contribution in [0.1, 0.15) is 64.3 Å². The van der Waals surface area contributed by atoms with Gasteiger partial charge < -0.3 is 10.8 Å². The molecule has 1 rings (SSSR count). The first kappa shape index (κ1) is 19.0. The van der Waals surface area contributed by atoms with Gasteiger partial charge in [0, 0.05) is 6.04 Å². The normalized spacial score (nSPS) is 13.6. The van der Waals surface area contributed by atoms with Crippen LogP contribution in [0.5, 0.6) is 5.75 Å². The summed E-state index contributed by atoms with van der Waals surface area (Å²) in [5, 5.41) is 10.6. The van der Waals surface area contributed by atoms with Gasteiger partial charge in [-0.25, -0.2) is 0 Å². The number of rotatable bonds is 2. The van der Waals surface area contributed by atoms with Crippen LogP contribution in [0, 0.1) is 0 Å². The van der Waals surface area contributed by atoms with E-state index in [1.54, 1.807) is 6.08 Å². The highest BCUT2D eigenvalue weighted by molar-refractivity contribution is 5.85. The molecule has 0 spiro atoms. The average Bonchev–Trinajstić information content (AvgIpc) is 2.25. The molecule has 0 unspecified atom stereocenters.